The molecule has 0 aromatic carbocycles. The van der Waals surface area contributed by atoms with E-state index in [1.807, 2.05) is 0 Å². The average molecular weight is 336 g/mol. The van der Waals surface area contributed by atoms with Gasteiger partial charge in [-0.3, -0.25) is 14.9 Å². The van der Waals surface area contributed by atoms with Crippen molar-refractivity contribution in [3.05, 3.63) is 12.7 Å². The van der Waals surface area contributed by atoms with Gasteiger partial charge in [0.05, 0.1) is 11.0 Å². The number of amides is 3. The summed E-state index contributed by atoms with van der Waals surface area (Å²) in [7, 11) is 0. The third kappa shape index (κ3) is 3.31. The van der Waals surface area contributed by atoms with Crippen LogP contribution >= 0.6 is 0 Å². The van der Waals surface area contributed by atoms with Gasteiger partial charge in [-0.05, 0) is 50.4 Å². The van der Waals surface area contributed by atoms with Crippen LogP contribution in [0.2, 0.25) is 0 Å². The summed E-state index contributed by atoms with van der Waals surface area (Å²) < 4.78 is 5.18. The molecule has 4 rings (SSSR count). The Morgan fingerprint density at radius 2 is 1.88 bits per heavy atom. The van der Waals surface area contributed by atoms with Gasteiger partial charge in [0.1, 0.15) is 0 Å². The van der Waals surface area contributed by atoms with Gasteiger partial charge in [0.2, 0.25) is 0 Å². The Kier molecular flexibility index (Phi) is 4.38. The van der Waals surface area contributed by atoms with Gasteiger partial charge in [-0.1, -0.05) is 6.08 Å². The van der Waals surface area contributed by atoms with E-state index in [4.69, 9.17) is 4.74 Å². The molecule has 7 heteroatoms. The number of hydrogen-bond donors (Lipinski definition) is 3. The molecule has 4 fully saturated rings. The van der Waals surface area contributed by atoms with E-state index in [1.165, 1.54) is 6.08 Å². The highest BCUT2D eigenvalue weighted by atomic mass is 16.5. The summed E-state index contributed by atoms with van der Waals surface area (Å²) in [4.78, 5) is 35.6. The molecule has 0 spiro atoms. The third-order valence-corrected chi connectivity index (χ3v) is 5.46. The molecule has 24 heavy (non-hydrogen) atoms. The molecule has 7 nitrogen and oxygen atoms in total. The maximum Gasteiger partial charge on any atom is 0.321 e. The molecule has 0 aliphatic heterocycles. The second kappa shape index (κ2) is 6.20. The van der Waals surface area contributed by atoms with Crippen LogP contribution in [-0.4, -0.2) is 41.8 Å². The second-order valence-electron chi connectivity index (χ2n) is 7.59. The summed E-state index contributed by atoms with van der Waals surface area (Å²) >= 11 is 0. The Bertz CT molecular complexity index is 559. The Morgan fingerprint density at radius 3 is 2.46 bits per heavy atom. The molecule has 4 aliphatic carbocycles. The molecule has 0 saturated heterocycles. The van der Waals surface area contributed by atoms with Crippen molar-refractivity contribution in [2.24, 2.45) is 17.3 Å². The number of nitrogens with one attached hydrogen (secondary N) is 2. The highest BCUT2D eigenvalue weighted by Gasteiger charge is 2.60. The first-order valence-electron chi connectivity index (χ1n) is 8.42. The van der Waals surface area contributed by atoms with Crippen molar-refractivity contribution in [1.29, 1.82) is 0 Å². The summed E-state index contributed by atoms with van der Waals surface area (Å²) in [5.41, 5.74) is -1.42. The standard InChI is InChI=1S/C17H24N2O5/c1-2-3-18-15(22)19-13(20)9-24-14(21)16-5-11-4-12(6-16)8-17(23,7-11)10-16/h2,11-12,23H,1,3-10H2,(H2,18,19,20,22)/t11-,12+,16?,17?. The minimum atomic E-state index is -0.754. The predicted molar refractivity (Wildman–Crippen MR) is 84.8 cm³/mol. The molecule has 4 atom stereocenters. The van der Waals surface area contributed by atoms with Gasteiger partial charge in [-0.2, -0.15) is 0 Å². The molecular weight excluding hydrogens is 312 g/mol. The first-order valence-corrected chi connectivity index (χ1v) is 8.42. The van der Waals surface area contributed by atoms with Crippen molar-refractivity contribution < 1.29 is 24.2 Å². The Hall–Kier alpha value is -1.89. The van der Waals surface area contributed by atoms with Crippen molar-refractivity contribution in [2.45, 2.75) is 44.1 Å². The van der Waals surface area contributed by atoms with Crippen LogP contribution < -0.4 is 10.6 Å². The number of rotatable bonds is 5. The highest BCUT2D eigenvalue weighted by Crippen LogP contribution is 2.61. The number of carbonyl (C=O) groups is 3. The van der Waals surface area contributed by atoms with Gasteiger partial charge in [-0.25, -0.2) is 4.79 Å². The molecule has 3 amide bonds. The smallest absolute Gasteiger partial charge is 0.321 e. The van der Waals surface area contributed by atoms with Crippen LogP contribution in [0.5, 0.6) is 0 Å². The Morgan fingerprint density at radius 1 is 1.21 bits per heavy atom. The zero-order valence-corrected chi connectivity index (χ0v) is 13.7. The molecule has 3 N–H and O–H groups in total. The van der Waals surface area contributed by atoms with Crippen LogP contribution in [0.4, 0.5) is 4.79 Å². The second-order valence-corrected chi connectivity index (χ2v) is 7.59. The van der Waals surface area contributed by atoms with E-state index in [2.05, 4.69) is 17.2 Å². The number of hydrogen-bond acceptors (Lipinski definition) is 5. The zero-order valence-electron chi connectivity index (χ0n) is 13.7. The summed E-state index contributed by atoms with van der Waals surface area (Å²) in [5.74, 6) is -0.366. The Labute approximate surface area is 140 Å². The maximum atomic E-state index is 12.6. The normalized spacial score (nSPS) is 36.0. The first kappa shape index (κ1) is 17.0. The number of urea groups is 1. The molecule has 2 unspecified atom stereocenters. The van der Waals surface area contributed by atoms with Crippen LogP contribution in [0, 0.1) is 17.3 Å². The van der Waals surface area contributed by atoms with E-state index in [-0.39, 0.29) is 6.54 Å². The fourth-order valence-corrected chi connectivity index (χ4v) is 5.11. The summed E-state index contributed by atoms with van der Waals surface area (Å²) in [6.07, 6.45) is 5.97. The van der Waals surface area contributed by atoms with Crippen molar-refractivity contribution in [2.75, 3.05) is 13.2 Å². The molecule has 0 aromatic rings. The molecule has 4 aliphatic rings. The van der Waals surface area contributed by atoms with Crippen LogP contribution in [-0.2, 0) is 14.3 Å². The minimum absolute atomic E-state index is 0.239. The van der Waals surface area contributed by atoms with Gasteiger partial charge in [0, 0.05) is 6.54 Å². The van der Waals surface area contributed by atoms with Crippen molar-refractivity contribution in [3.63, 3.8) is 0 Å². The van der Waals surface area contributed by atoms with Crippen molar-refractivity contribution in [1.82, 2.24) is 10.6 Å². The van der Waals surface area contributed by atoms with E-state index >= 15 is 0 Å². The molecule has 0 heterocycles. The van der Waals surface area contributed by atoms with Gasteiger partial charge in [-0.15, -0.1) is 6.58 Å². The van der Waals surface area contributed by atoms with Gasteiger partial charge >= 0.3 is 12.0 Å². The minimum Gasteiger partial charge on any atom is -0.455 e. The quantitative estimate of drug-likeness (QED) is 0.510. The number of aliphatic hydroxyl groups is 1. The summed E-state index contributed by atoms with van der Waals surface area (Å²) in [5, 5.41) is 15.1. The van der Waals surface area contributed by atoms with E-state index < -0.39 is 35.5 Å². The molecule has 0 radical (unpaired) electrons. The van der Waals surface area contributed by atoms with E-state index in [1.54, 1.807) is 0 Å². The van der Waals surface area contributed by atoms with Crippen LogP contribution in [0.25, 0.3) is 0 Å². The van der Waals surface area contributed by atoms with Crippen LogP contribution in [0.15, 0.2) is 12.7 Å². The molecule has 4 bridgehead atoms. The molecular formula is C17H24N2O5. The van der Waals surface area contributed by atoms with Crippen LogP contribution in [0.3, 0.4) is 0 Å². The first-order chi connectivity index (χ1) is 11.3. The highest BCUT2D eigenvalue weighted by molar-refractivity contribution is 5.95. The van der Waals surface area contributed by atoms with E-state index in [9.17, 15) is 19.5 Å². The van der Waals surface area contributed by atoms with Gasteiger partial charge in [0.15, 0.2) is 6.61 Å². The largest absolute Gasteiger partial charge is 0.455 e. The SMILES string of the molecule is C=CCNC(=O)NC(=O)COC(=O)C12C[C@@H]3C[C@@H](CC(O)(C3)C1)C2. The average Bonchev–Trinajstić information content (AvgIpc) is 2.48. The van der Waals surface area contributed by atoms with Gasteiger partial charge in [0.25, 0.3) is 5.91 Å². The van der Waals surface area contributed by atoms with E-state index in [0.717, 1.165) is 32.1 Å². The fraction of sp³-hybridized carbons (Fsp3) is 0.706. The van der Waals surface area contributed by atoms with Crippen molar-refractivity contribution >= 4 is 17.9 Å². The zero-order chi connectivity index (χ0) is 17.4. The summed E-state index contributed by atoms with van der Waals surface area (Å²) in [6, 6.07) is -0.653. The topological polar surface area (TPSA) is 105 Å². The molecule has 132 valence electrons. The maximum absolute atomic E-state index is 12.6. The van der Waals surface area contributed by atoms with E-state index in [0.29, 0.717) is 18.3 Å². The lowest BCUT2D eigenvalue weighted by Crippen LogP contribution is -2.58. The summed E-state index contributed by atoms with van der Waals surface area (Å²) in [6.45, 7) is 3.20. The third-order valence-electron chi connectivity index (χ3n) is 5.46. The van der Waals surface area contributed by atoms with Crippen molar-refractivity contribution in [3.8, 4) is 0 Å². The Balaban J connectivity index is 1.53. The monoisotopic (exact) mass is 336 g/mol. The molecule has 4 saturated carbocycles. The van der Waals surface area contributed by atoms with Gasteiger partial charge < -0.3 is 15.2 Å². The predicted octanol–water partition coefficient (Wildman–Crippen LogP) is 0.873. The lowest BCUT2D eigenvalue weighted by molar-refractivity contribution is -0.196. The lowest BCUT2D eigenvalue weighted by atomic mass is 9.48. The number of esters is 1. The fourth-order valence-electron chi connectivity index (χ4n) is 5.11. The molecule has 0 aromatic heterocycles. The van der Waals surface area contributed by atoms with Crippen LogP contribution in [0.1, 0.15) is 38.5 Å². The number of carbonyl (C=O) groups excluding carboxylic acids is 3. The number of ether oxygens (including phenoxy) is 1. The lowest BCUT2D eigenvalue weighted by Gasteiger charge is -2.58. The number of imide groups is 1.